The van der Waals surface area contributed by atoms with Gasteiger partial charge in [-0.1, -0.05) is 127 Å². The van der Waals surface area contributed by atoms with E-state index in [1.54, 1.807) is 43.2 Å². The van der Waals surface area contributed by atoms with Gasteiger partial charge < -0.3 is 34.6 Å². The standard InChI is InChI=1S/C77H58ClF2N13/c1-49-12-6-7-23-68(49)89-74-71-67(45-92(76(71)86-48-84-74)63-32-26-59(80)27-33-63)56-20-10-18-54(40-56)53-17-8-13-50(38-53)36-37-81-72-69-66(44-91(75(69)85-46-82-72)62-30-24-58(79)25-31-62)55-19-9-14-51(39-55)42-90(2)61-34-28-60(29-35-61)88-73-70-65(52-15-4-3-5-16-52)43-93(77(70)87-47-83-73)64-22-11-21-57(78)41-64/h3-35,38-41,43-48H,36-37,42H2,1-2H3,(H,81,82,85)(H,83,87,88)(H,84,86,89). The van der Waals surface area contributed by atoms with Crippen LogP contribution in [-0.4, -0.2) is 57.2 Å². The molecule has 0 spiro atoms. The monoisotopic (exact) mass is 1240 g/mol. The summed E-state index contributed by atoms with van der Waals surface area (Å²) in [7, 11) is 2.09. The van der Waals surface area contributed by atoms with Crippen molar-refractivity contribution < 1.29 is 8.78 Å². The summed E-state index contributed by atoms with van der Waals surface area (Å²) in [6, 6.07) is 73.0. The molecule has 0 amide bonds. The molecule has 452 valence electrons. The number of rotatable bonds is 18. The van der Waals surface area contributed by atoms with Crippen molar-refractivity contribution in [2.45, 2.75) is 19.9 Å². The third-order valence-electron chi connectivity index (χ3n) is 16.9. The quantitative estimate of drug-likeness (QED) is 0.0763. The first-order chi connectivity index (χ1) is 45.6. The molecule has 0 aliphatic carbocycles. The van der Waals surface area contributed by atoms with Crippen molar-refractivity contribution in [2.24, 2.45) is 0 Å². The number of hydrogen-bond donors (Lipinski definition) is 3. The molecular formula is C77H58ClF2N13. The van der Waals surface area contributed by atoms with Crippen molar-refractivity contribution in [3.8, 4) is 61.6 Å². The van der Waals surface area contributed by atoms with Crippen LogP contribution in [0.1, 0.15) is 16.7 Å². The largest absolute Gasteiger partial charge is 0.370 e. The van der Waals surface area contributed by atoms with Crippen molar-refractivity contribution >= 4 is 79.2 Å². The molecule has 6 heterocycles. The highest BCUT2D eigenvalue weighted by molar-refractivity contribution is 6.30. The van der Waals surface area contributed by atoms with E-state index < -0.39 is 0 Å². The Balaban J connectivity index is 0.683. The van der Waals surface area contributed by atoms with Crippen LogP contribution in [0.2, 0.25) is 5.02 Å². The van der Waals surface area contributed by atoms with E-state index in [1.807, 2.05) is 69.8 Å². The Labute approximate surface area is 540 Å². The summed E-state index contributed by atoms with van der Waals surface area (Å²) in [6.07, 6.45) is 11.6. The fourth-order valence-electron chi connectivity index (χ4n) is 12.3. The number of nitrogens with zero attached hydrogens (tertiary/aromatic N) is 10. The van der Waals surface area contributed by atoms with Crippen LogP contribution >= 0.6 is 11.6 Å². The lowest BCUT2D eigenvalue weighted by Gasteiger charge is -2.20. The number of aryl methyl sites for hydroxylation is 1. The zero-order valence-electron chi connectivity index (χ0n) is 50.6. The molecular weight excluding hydrogens is 1180 g/mol. The second-order valence-corrected chi connectivity index (χ2v) is 23.4. The molecule has 6 aromatic heterocycles. The maximum absolute atomic E-state index is 14.4. The van der Waals surface area contributed by atoms with Crippen molar-refractivity contribution in [2.75, 3.05) is 34.4 Å². The number of benzene rings is 9. The highest BCUT2D eigenvalue weighted by Gasteiger charge is 2.23. The number of aromatic nitrogens is 9. The molecule has 3 N–H and O–H groups in total. The Bertz CT molecular complexity index is 5240. The number of hydrogen-bond acceptors (Lipinski definition) is 10. The van der Waals surface area contributed by atoms with Crippen molar-refractivity contribution in [1.29, 1.82) is 0 Å². The summed E-state index contributed by atoms with van der Waals surface area (Å²) in [5.41, 5.74) is 18.7. The normalized spacial score (nSPS) is 11.4. The van der Waals surface area contributed by atoms with Gasteiger partial charge in [0.25, 0.3) is 0 Å². The second-order valence-electron chi connectivity index (χ2n) is 22.9. The van der Waals surface area contributed by atoms with Gasteiger partial charge in [-0.25, -0.2) is 38.7 Å². The molecule has 0 radical (unpaired) electrons. The highest BCUT2D eigenvalue weighted by Crippen LogP contribution is 2.41. The van der Waals surface area contributed by atoms with Gasteiger partial charge in [-0.15, -0.1) is 0 Å². The summed E-state index contributed by atoms with van der Waals surface area (Å²) in [5, 5.41) is 14.1. The molecule has 0 aliphatic heterocycles. The van der Waals surface area contributed by atoms with Crippen LogP contribution in [0.15, 0.2) is 262 Å². The average molecular weight is 1240 g/mol. The zero-order valence-corrected chi connectivity index (χ0v) is 51.3. The molecule has 0 saturated carbocycles. The van der Waals surface area contributed by atoms with Gasteiger partial charge in [-0.3, -0.25) is 0 Å². The fraction of sp³-hybridized carbons (Fsp3) is 0.0649. The van der Waals surface area contributed by atoms with Crippen LogP contribution in [0.3, 0.4) is 0 Å². The van der Waals surface area contributed by atoms with E-state index in [2.05, 4.69) is 173 Å². The van der Waals surface area contributed by atoms with Crippen LogP contribution in [0, 0.1) is 18.6 Å². The minimum atomic E-state index is -0.319. The molecule has 0 atom stereocenters. The Hall–Kier alpha value is -11.8. The van der Waals surface area contributed by atoms with Crippen molar-refractivity contribution in [3.05, 3.63) is 295 Å². The molecule has 9 aromatic carbocycles. The van der Waals surface area contributed by atoms with Crippen LogP contribution in [-0.2, 0) is 13.0 Å². The van der Waals surface area contributed by atoms with E-state index in [0.717, 1.165) is 117 Å². The second kappa shape index (κ2) is 24.9. The number of fused-ring (bicyclic) bond motifs is 3. The van der Waals surface area contributed by atoms with Gasteiger partial charge in [-0.2, -0.15) is 0 Å². The maximum Gasteiger partial charge on any atom is 0.150 e. The van der Waals surface area contributed by atoms with Crippen LogP contribution < -0.4 is 20.9 Å². The number of anilines is 6. The lowest BCUT2D eigenvalue weighted by molar-refractivity contribution is 0.627. The predicted molar refractivity (Wildman–Crippen MR) is 372 cm³/mol. The summed E-state index contributed by atoms with van der Waals surface area (Å²) in [4.78, 5) is 31.0. The van der Waals surface area contributed by atoms with Crippen LogP contribution in [0.25, 0.3) is 94.7 Å². The summed E-state index contributed by atoms with van der Waals surface area (Å²) >= 11 is 6.47. The Morgan fingerprint density at radius 1 is 0.430 bits per heavy atom. The fourth-order valence-corrected chi connectivity index (χ4v) is 12.5. The molecule has 0 bridgehead atoms. The summed E-state index contributed by atoms with van der Waals surface area (Å²) in [6.45, 7) is 3.26. The lowest BCUT2D eigenvalue weighted by atomic mass is 9.97. The maximum atomic E-state index is 14.4. The molecule has 93 heavy (non-hydrogen) atoms. The van der Waals surface area contributed by atoms with Crippen LogP contribution in [0.4, 0.5) is 43.3 Å². The van der Waals surface area contributed by atoms with Gasteiger partial charge in [0.2, 0.25) is 0 Å². The minimum absolute atomic E-state index is 0.312. The predicted octanol–water partition coefficient (Wildman–Crippen LogP) is 18.6. The SMILES string of the molecule is Cc1ccccc1Nc1ncnc2c1c(-c1cccc(-c3cccc(CCNc4ncnc5c4c(-c4cccc(CN(C)c6ccc(Nc7ncnc8c7c(-c7ccccc7)cn8-c7cccc(Cl)c7)cc6)c4)cn5-c4ccc(F)cc4)c3)c1)cn2-c1ccc(F)cc1. The molecule has 15 aromatic rings. The first-order valence-corrected chi connectivity index (χ1v) is 30.9. The van der Waals surface area contributed by atoms with Gasteiger partial charge >= 0.3 is 0 Å². The Morgan fingerprint density at radius 3 is 1.56 bits per heavy atom. The first-order valence-electron chi connectivity index (χ1n) is 30.5. The number of halogens is 3. The third kappa shape index (κ3) is 11.6. The molecule has 16 heteroatoms. The minimum Gasteiger partial charge on any atom is -0.370 e. The van der Waals surface area contributed by atoms with Gasteiger partial charge in [0.1, 0.15) is 48.1 Å². The highest BCUT2D eigenvalue weighted by atomic mass is 35.5. The topological polar surface area (TPSA) is 131 Å². The van der Waals surface area contributed by atoms with E-state index in [4.69, 9.17) is 41.5 Å². The third-order valence-corrected chi connectivity index (χ3v) is 17.1. The molecule has 0 saturated heterocycles. The lowest BCUT2D eigenvalue weighted by Crippen LogP contribution is -2.16. The first kappa shape index (κ1) is 57.6. The van der Waals surface area contributed by atoms with Crippen molar-refractivity contribution in [1.82, 2.24) is 43.6 Å². The van der Waals surface area contributed by atoms with E-state index in [0.29, 0.717) is 53.3 Å². The van der Waals surface area contributed by atoms with Gasteiger partial charge in [-0.05, 0) is 167 Å². The average Bonchev–Trinajstić information content (AvgIpc) is 1.64. The molecule has 15 rings (SSSR count). The van der Waals surface area contributed by atoms with Gasteiger partial charge in [0.15, 0.2) is 16.9 Å². The number of para-hydroxylation sites is 1. The molecule has 0 fully saturated rings. The van der Waals surface area contributed by atoms with Crippen molar-refractivity contribution in [3.63, 3.8) is 0 Å². The molecule has 0 aliphatic rings. The summed E-state index contributed by atoms with van der Waals surface area (Å²) < 4.78 is 34.7. The Kier molecular flexibility index (Phi) is 15.4. The summed E-state index contributed by atoms with van der Waals surface area (Å²) in [5.74, 6) is 1.41. The van der Waals surface area contributed by atoms with E-state index in [9.17, 15) is 8.78 Å². The molecule has 13 nitrogen and oxygen atoms in total. The van der Waals surface area contributed by atoms with E-state index in [-0.39, 0.29) is 11.6 Å². The molecule has 0 unspecified atom stereocenters. The number of nitrogens with one attached hydrogen (secondary N) is 3. The zero-order chi connectivity index (χ0) is 62.9. The smallest absolute Gasteiger partial charge is 0.150 e. The van der Waals surface area contributed by atoms with Crippen LogP contribution in [0.5, 0.6) is 0 Å². The van der Waals surface area contributed by atoms with E-state index in [1.165, 1.54) is 24.3 Å². The van der Waals surface area contributed by atoms with Gasteiger partial charge in [0, 0.05) is 94.6 Å². The van der Waals surface area contributed by atoms with Gasteiger partial charge in [0.05, 0.1) is 16.2 Å². The Morgan fingerprint density at radius 2 is 0.925 bits per heavy atom. The van der Waals surface area contributed by atoms with E-state index >= 15 is 0 Å².